The van der Waals surface area contributed by atoms with Crippen molar-refractivity contribution < 1.29 is 14.3 Å². The molecule has 1 atom stereocenters. The maximum absolute atomic E-state index is 12.9. The van der Waals surface area contributed by atoms with Crippen LogP contribution in [0.5, 0.6) is 0 Å². The van der Waals surface area contributed by atoms with Crippen molar-refractivity contribution in [1.82, 2.24) is 9.47 Å². The predicted octanol–water partition coefficient (Wildman–Crippen LogP) is 2.18. The van der Waals surface area contributed by atoms with Crippen LogP contribution < -0.4 is 10.5 Å². The molecule has 10 heteroatoms. The number of carbonyl (C=O) groups is 2. The number of piperidine rings is 1. The first-order valence-corrected chi connectivity index (χ1v) is 11.2. The van der Waals surface area contributed by atoms with E-state index in [-0.39, 0.29) is 23.4 Å². The number of pyridine rings is 1. The quantitative estimate of drug-likeness (QED) is 0.383. The van der Waals surface area contributed by atoms with E-state index < -0.39 is 5.56 Å². The third-order valence-corrected chi connectivity index (χ3v) is 7.06. The number of thiocarbonyl (C=S) groups is 1. The van der Waals surface area contributed by atoms with Gasteiger partial charge in [0, 0.05) is 32.7 Å². The van der Waals surface area contributed by atoms with Gasteiger partial charge in [0.2, 0.25) is 0 Å². The summed E-state index contributed by atoms with van der Waals surface area (Å²) in [6.45, 7) is 4.83. The molecule has 0 N–H and O–H groups in total. The van der Waals surface area contributed by atoms with Crippen molar-refractivity contribution in [2.45, 2.75) is 26.7 Å². The zero-order valence-electron chi connectivity index (χ0n) is 17.9. The van der Waals surface area contributed by atoms with E-state index in [1.54, 1.807) is 34.0 Å². The average molecular weight is 461 g/mol. The van der Waals surface area contributed by atoms with Crippen LogP contribution >= 0.6 is 24.0 Å². The van der Waals surface area contributed by atoms with E-state index in [2.05, 4.69) is 0 Å². The first kappa shape index (κ1) is 23.0. The Bertz CT molecular complexity index is 1090. The van der Waals surface area contributed by atoms with Gasteiger partial charge in [-0.3, -0.25) is 23.9 Å². The Balaban J connectivity index is 2.15. The molecule has 0 radical (unpaired) electrons. The van der Waals surface area contributed by atoms with Gasteiger partial charge in [0.25, 0.3) is 11.5 Å². The normalized spacial score (nSPS) is 20.4. The molecule has 0 aliphatic carbocycles. The Kier molecular flexibility index (Phi) is 6.86. The van der Waals surface area contributed by atoms with Gasteiger partial charge in [-0.25, -0.2) is 0 Å². The summed E-state index contributed by atoms with van der Waals surface area (Å²) in [5.41, 5.74) is 0.731. The number of esters is 1. The largest absolute Gasteiger partial charge is 0.466 e. The molecule has 2 fully saturated rings. The van der Waals surface area contributed by atoms with Crippen LogP contribution in [0.1, 0.15) is 36.5 Å². The number of thioether (sulfide) groups is 1. The second kappa shape index (κ2) is 9.24. The highest BCUT2D eigenvalue weighted by Gasteiger charge is 2.33. The van der Waals surface area contributed by atoms with Crippen molar-refractivity contribution in [2.75, 3.05) is 31.6 Å². The Morgan fingerprint density at radius 3 is 2.68 bits per heavy atom. The minimum atomic E-state index is -0.409. The molecule has 0 aromatic carbocycles. The van der Waals surface area contributed by atoms with Gasteiger partial charge in [-0.1, -0.05) is 24.0 Å². The second-order valence-corrected chi connectivity index (χ2v) is 9.17. The fourth-order valence-corrected chi connectivity index (χ4v) is 5.05. The molecular formula is C21H24N4O4S2. The molecule has 2 aliphatic heterocycles. The molecule has 1 aromatic rings. The standard InChI is InChI=1S/C21H24N4O4S2/c1-5-29-20(28)13-7-6-8-25(11-13)17-14(9-16-19(27)24(4)21(30)31-16)12(2)15(10-22)18(26)23(17)3/h9,13H,5-8,11H2,1-4H3/b16-9-. The number of hydrogen-bond acceptors (Lipinski definition) is 8. The average Bonchev–Trinajstić information content (AvgIpc) is 2.99. The summed E-state index contributed by atoms with van der Waals surface area (Å²) < 4.78 is 7.07. The summed E-state index contributed by atoms with van der Waals surface area (Å²) in [6.07, 6.45) is 3.16. The zero-order valence-corrected chi connectivity index (χ0v) is 19.6. The maximum Gasteiger partial charge on any atom is 0.310 e. The number of hydrogen-bond donors (Lipinski definition) is 0. The monoisotopic (exact) mass is 460 g/mol. The van der Waals surface area contributed by atoms with Crippen LogP contribution in [0, 0.1) is 24.2 Å². The summed E-state index contributed by atoms with van der Waals surface area (Å²) in [6, 6.07) is 1.99. The van der Waals surface area contributed by atoms with Crippen LogP contribution in [0.15, 0.2) is 9.70 Å². The number of nitriles is 1. The van der Waals surface area contributed by atoms with Crippen molar-refractivity contribution in [2.24, 2.45) is 13.0 Å². The molecule has 3 heterocycles. The first-order valence-electron chi connectivity index (χ1n) is 9.98. The van der Waals surface area contributed by atoms with Crippen LogP contribution in [0.4, 0.5) is 5.82 Å². The van der Waals surface area contributed by atoms with Gasteiger partial charge in [-0.15, -0.1) is 0 Å². The lowest BCUT2D eigenvalue weighted by Crippen LogP contribution is -2.42. The summed E-state index contributed by atoms with van der Waals surface area (Å²) in [5.74, 6) is -0.204. The molecule has 0 spiro atoms. The van der Waals surface area contributed by atoms with Gasteiger partial charge < -0.3 is 9.64 Å². The molecule has 164 valence electrons. The SMILES string of the molecule is CCOC(=O)C1CCCN(c2c(/C=C3\SC(=S)N(C)C3=O)c(C)c(C#N)c(=O)n2C)C1. The third kappa shape index (κ3) is 4.25. The van der Waals surface area contributed by atoms with E-state index in [4.69, 9.17) is 17.0 Å². The van der Waals surface area contributed by atoms with Crippen molar-refractivity contribution >= 4 is 52.1 Å². The minimum absolute atomic E-state index is 0.0310. The summed E-state index contributed by atoms with van der Waals surface area (Å²) in [7, 11) is 3.22. The van der Waals surface area contributed by atoms with Gasteiger partial charge in [0.15, 0.2) is 0 Å². The molecule has 1 unspecified atom stereocenters. The highest BCUT2D eigenvalue weighted by atomic mass is 32.2. The van der Waals surface area contributed by atoms with E-state index in [1.165, 1.54) is 21.2 Å². The fraction of sp³-hybridized carbons (Fsp3) is 0.476. The third-order valence-electron chi connectivity index (χ3n) is 5.57. The smallest absolute Gasteiger partial charge is 0.310 e. The minimum Gasteiger partial charge on any atom is -0.466 e. The Morgan fingerprint density at radius 1 is 1.39 bits per heavy atom. The topological polar surface area (TPSA) is 95.6 Å². The fourth-order valence-electron chi connectivity index (χ4n) is 3.89. The maximum atomic E-state index is 12.9. The molecule has 2 aliphatic rings. The van der Waals surface area contributed by atoms with E-state index in [0.717, 1.165) is 6.42 Å². The predicted molar refractivity (Wildman–Crippen MR) is 124 cm³/mol. The molecule has 1 amide bonds. The zero-order chi connectivity index (χ0) is 22.9. The molecule has 1 aromatic heterocycles. The number of likely N-dealkylation sites (N-methyl/N-ethyl adjacent to an activating group) is 1. The van der Waals surface area contributed by atoms with E-state index in [0.29, 0.717) is 52.3 Å². The lowest BCUT2D eigenvalue weighted by atomic mass is 9.96. The lowest BCUT2D eigenvalue weighted by molar-refractivity contribution is -0.148. The van der Waals surface area contributed by atoms with Gasteiger partial charge >= 0.3 is 5.97 Å². The van der Waals surface area contributed by atoms with Gasteiger partial charge in [-0.05, 0) is 38.3 Å². The van der Waals surface area contributed by atoms with Gasteiger partial charge in [0.05, 0.1) is 17.4 Å². The molecule has 3 rings (SSSR count). The molecule has 0 saturated carbocycles. The van der Waals surface area contributed by atoms with Crippen molar-refractivity contribution in [1.29, 1.82) is 5.26 Å². The molecule has 2 saturated heterocycles. The highest BCUT2D eigenvalue weighted by Crippen LogP contribution is 2.36. The molecule has 0 bridgehead atoms. The van der Waals surface area contributed by atoms with Gasteiger partial charge in [-0.2, -0.15) is 5.26 Å². The van der Waals surface area contributed by atoms with Crippen molar-refractivity contribution in [3.63, 3.8) is 0 Å². The number of ether oxygens (including phenoxy) is 1. The Morgan fingerprint density at radius 2 is 2.10 bits per heavy atom. The summed E-state index contributed by atoms with van der Waals surface area (Å²) in [4.78, 5) is 41.6. The number of amides is 1. The van der Waals surface area contributed by atoms with Crippen LogP contribution in [0.25, 0.3) is 6.08 Å². The van der Waals surface area contributed by atoms with Crippen LogP contribution in [0.2, 0.25) is 0 Å². The van der Waals surface area contributed by atoms with E-state index >= 15 is 0 Å². The number of anilines is 1. The van der Waals surface area contributed by atoms with Crippen molar-refractivity contribution in [3.05, 3.63) is 31.9 Å². The Labute approximate surface area is 190 Å². The van der Waals surface area contributed by atoms with Gasteiger partial charge in [0.1, 0.15) is 21.8 Å². The van der Waals surface area contributed by atoms with Crippen LogP contribution in [-0.4, -0.2) is 52.4 Å². The Hall–Kier alpha value is -2.64. The number of rotatable bonds is 4. The second-order valence-electron chi connectivity index (χ2n) is 7.49. The van der Waals surface area contributed by atoms with E-state index in [9.17, 15) is 19.6 Å². The lowest BCUT2D eigenvalue weighted by Gasteiger charge is -2.35. The number of aromatic nitrogens is 1. The van der Waals surface area contributed by atoms with E-state index in [1.807, 2.05) is 11.0 Å². The summed E-state index contributed by atoms with van der Waals surface area (Å²) in [5, 5.41) is 9.56. The number of nitrogens with zero attached hydrogens (tertiary/aromatic N) is 4. The molecule has 31 heavy (non-hydrogen) atoms. The van der Waals surface area contributed by atoms with Crippen LogP contribution in [0.3, 0.4) is 0 Å². The first-order chi connectivity index (χ1) is 14.7. The summed E-state index contributed by atoms with van der Waals surface area (Å²) >= 11 is 6.41. The molecular weight excluding hydrogens is 436 g/mol. The molecule has 8 nitrogen and oxygen atoms in total. The van der Waals surface area contributed by atoms with Crippen LogP contribution in [-0.2, 0) is 21.4 Å². The highest BCUT2D eigenvalue weighted by molar-refractivity contribution is 8.26. The number of carbonyl (C=O) groups excluding carboxylic acids is 2. The van der Waals surface area contributed by atoms with Crippen molar-refractivity contribution in [3.8, 4) is 6.07 Å².